The van der Waals surface area contributed by atoms with Crippen LogP contribution < -0.4 is 5.73 Å². The number of hydrogen-bond donors (Lipinski definition) is 1. The largest absolute Gasteiger partial charge is 0.326 e. The number of nitrogens with two attached hydrogens (primary N) is 1. The molecule has 0 amide bonds. The quantitative estimate of drug-likeness (QED) is 0.845. The van der Waals surface area contributed by atoms with Crippen molar-refractivity contribution in [2.45, 2.75) is 24.1 Å². The van der Waals surface area contributed by atoms with Crippen molar-refractivity contribution >= 4 is 11.8 Å². The van der Waals surface area contributed by atoms with Crippen LogP contribution in [0.25, 0.3) is 0 Å². The molecule has 0 aliphatic rings. The molecule has 2 aromatic rings. The van der Waals surface area contributed by atoms with Crippen molar-refractivity contribution < 1.29 is 4.39 Å². The predicted octanol–water partition coefficient (Wildman–Crippen LogP) is 3.89. The van der Waals surface area contributed by atoms with E-state index in [0.717, 1.165) is 16.9 Å². The molecule has 3 heteroatoms. The molecule has 0 unspecified atom stereocenters. The van der Waals surface area contributed by atoms with Gasteiger partial charge in [0, 0.05) is 17.2 Å². The van der Waals surface area contributed by atoms with Crippen LogP contribution in [-0.4, -0.2) is 0 Å². The fourth-order valence-corrected chi connectivity index (χ4v) is 2.65. The summed E-state index contributed by atoms with van der Waals surface area (Å²) in [5.74, 6) is 0.593. The smallest absolute Gasteiger partial charge is 0.123 e. The summed E-state index contributed by atoms with van der Waals surface area (Å²) in [6.07, 6.45) is 0. The fourth-order valence-electron chi connectivity index (χ4n) is 1.72. The van der Waals surface area contributed by atoms with E-state index in [1.165, 1.54) is 22.6 Å². The summed E-state index contributed by atoms with van der Waals surface area (Å²) >= 11 is 1.74. The van der Waals surface area contributed by atoms with Crippen LogP contribution in [0.15, 0.2) is 47.4 Å². The van der Waals surface area contributed by atoms with Gasteiger partial charge < -0.3 is 5.73 Å². The van der Waals surface area contributed by atoms with Crippen molar-refractivity contribution in [3.05, 3.63) is 65.0 Å². The first-order valence-corrected chi connectivity index (χ1v) is 6.84. The van der Waals surface area contributed by atoms with E-state index in [0.29, 0.717) is 6.54 Å². The molecule has 0 aromatic heterocycles. The second-order valence-corrected chi connectivity index (χ2v) is 5.27. The number of hydrogen-bond acceptors (Lipinski definition) is 2. The highest BCUT2D eigenvalue weighted by molar-refractivity contribution is 7.98. The molecule has 0 fully saturated rings. The molecule has 0 saturated heterocycles. The van der Waals surface area contributed by atoms with E-state index in [1.54, 1.807) is 11.8 Å². The molecule has 2 N–H and O–H groups in total. The Morgan fingerprint density at radius 2 is 1.78 bits per heavy atom. The van der Waals surface area contributed by atoms with Crippen molar-refractivity contribution in [3.63, 3.8) is 0 Å². The lowest BCUT2D eigenvalue weighted by atomic mass is 10.1. The van der Waals surface area contributed by atoms with Crippen molar-refractivity contribution in [1.29, 1.82) is 0 Å². The van der Waals surface area contributed by atoms with E-state index in [4.69, 9.17) is 5.73 Å². The third kappa shape index (κ3) is 3.34. The molecular weight excluding hydrogens is 245 g/mol. The number of aryl methyl sites for hydroxylation is 1. The van der Waals surface area contributed by atoms with Gasteiger partial charge in [-0.1, -0.05) is 23.8 Å². The van der Waals surface area contributed by atoms with Gasteiger partial charge in [0.05, 0.1) is 0 Å². The molecule has 18 heavy (non-hydrogen) atoms. The standard InChI is InChI=1S/C15H16FNS/c1-11-2-6-15(7-3-11)18-10-12-4-5-14(16)8-13(12)9-17/h2-8H,9-10,17H2,1H3. The maximum atomic E-state index is 13.1. The predicted molar refractivity (Wildman–Crippen MR) is 75.0 cm³/mol. The fraction of sp³-hybridized carbons (Fsp3) is 0.200. The highest BCUT2D eigenvalue weighted by Gasteiger charge is 2.03. The van der Waals surface area contributed by atoms with E-state index in [2.05, 4.69) is 31.2 Å². The lowest BCUT2D eigenvalue weighted by molar-refractivity contribution is 0.624. The minimum absolute atomic E-state index is 0.223. The van der Waals surface area contributed by atoms with Crippen LogP contribution in [0, 0.1) is 12.7 Å². The number of rotatable bonds is 4. The molecule has 94 valence electrons. The van der Waals surface area contributed by atoms with Crippen LogP contribution >= 0.6 is 11.8 Å². The minimum atomic E-state index is -0.223. The summed E-state index contributed by atoms with van der Waals surface area (Å²) in [6, 6.07) is 13.2. The maximum absolute atomic E-state index is 13.1. The highest BCUT2D eigenvalue weighted by Crippen LogP contribution is 2.25. The summed E-state index contributed by atoms with van der Waals surface area (Å²) in [5, 5.41) is 0. The summed E-state index contributed by atoms with van der Waals surface area (Å²) in [7, 11) is 0. The van der Waals surface area contributed by atoms with Crippen molar-refractivity contribution in [1.82, 2.24) is 0 Å². The molecule has 0 bridgehead atoms. The Hall–Kier alpha value is -1.32. The molecule has 0 atom stereocenters. The molecule has 0 radical (unpaired) electrons. The summed E-state index contributed by atoms with van der Waals surface area (Å²) in [6.45, 7) is 2.45. The molecule has 2 rings (SSSR count). The van der Waals surface area contributed by atoms with E-state index >= 15 is 0 Å². The Labute approximate surface area is 111 Å². The van der Waals surface area contributed by atoms with Gasteiger partial charge in [-0.3, -0.25) is 0 Å². The Balaban J connectivity index is 2.08. The maximum Gasteiger partial charge on any atom is 0.123 e. The van der Waals surface area contributed by atoms with E-state index in [-0.39, 0.29) is 5.82 Å². The van der Waals surface area contributed by atoms with Gasteiger partial charge >= 0.3 is 0 Å². The topological polar surface area (TPSA) is 26.0 Å². The summed E-state index contributed by atoms with van der Waals surface area (Å²) in [5.41, 5.74) is 8.87. The first-order valence-electron chi connectivity index (χ1n) is 5.86. The molecular formula is C15H16FNS. The molecule has 1 nitrogen and oxygen atoms in total. The van der Waals surface area contributed by atoms with Gasteiger partial charge in [-0.2, -0.15) is 0 Å². The van der Waals surface area contributed by atoms with Gasteiger partial charge in [0.2, 0.25) is 0 Å². The SMILES string of the molecule is Cc1ccc(SCc2ccc(F)cc2CN)cc1. The van der Waals surface area contributed by atoms with Crippen molar-refractivity contribution in [3.8, 4) is 0 Å². The first-order chi connectivity index (χ1) is 8.69. The molecule has 0 aliphatic heterocycles. The second kappa shape index (κ2) is 6.03. The van der Waals surface area contributed by atoms with Gasteiger partial charge in [0.1, 0.15) is 5.82 Å². The van der Waals surface area contributed by atoms with E-state index < -0.39 is 0 Å². The molecule has 0 saturated carbocycles. The van der Waals surface area contributed by atoms with E-state index in [1.807, 2.05) is 6.07 Å². The lowest BCUT2D eigenvalue weighted by Crippen LogP contribution is -2.01. The zero-order valence-electron chi connectivity index (χ0n) is 10.3. The molecule has 0 heterocycles. The molecule has 0 spiro atoms. The Bertz CT molecular complexity index is 523. The van der Waals surface area contributed by atoms with Crippen molar-refractivity contribution in [2.24, 2.45) is 5.73 Å². The number of benzene rings is 2. The van der Waals surface area contributed by atoms with E-state index in [9.17, 15) is 4.39 Å². The van der Waals surface area contributed by atoms with Crippen LogP contribution in [0.5, 0.6) is 0 Å². The minimum Gasteiger partial charge on any atom is -0.326 e. The Morgan fingerprint density at radius 3 is 2.44 bits per heavy atom. The number of halogens is 1. The van der Waals surface area contributed by atoms with Crippen LogP contribution in [0.3, 0.4) is 0 Å². The van der Waals surface area contributed by atoms with Gasteiger partial charge in [-0.25, -0.2) is 4.39 Å². The zero-order chi connectivity index (χ0) is 13.0. The first kappa shape index (κ1) is 13.1. The van der Waals surface area contributed by atoms with Crippen LogP contribution in [0.2, 0.25) is 0 Å². The third-order valence-electron chi connectivity index (χ3n) is 2.80. The van der Waals surface area contributed by atoms with Gasteiger partial charge in [-0.15, -0.1) is 11.8 Å². The summed E-state index contributed by atoms with van der Waals surface area (Å²) < 4.78 is 13.1. The highest BCUT2D eigenvalue weighted by atomic mass is 32.2. The Kier molecular flexibility index (Phi) is 4.39. The normalized spacial score (nSPS) is 10.6. The van der Waals surface area contributed by atoms with Crippen LogP contribution in [-0.2, 0) is 12.3 Å². The monoisotopic (exact) mass is 261 g/mol. The Morgan fingerprint density at radius 1 is 1.06 bits per heavy atom. The summed E-state index contributed by atoms with van der Waals surface area (Å²) in [4.78, 5) is 1.22. The van der Waals surface area contributed by atoms with Crippen molar-refractivity contribution in [2.75, 3.05) is 0 Å². The molecule has 0 aliphatic carbocycles. The average molecular weight is 261 g/mol. The molecule has 2 aromatic carbocycles. The average Bonchev–Trinajstić information content (AvgIpc) is 2.39. The van der Waals surface area contributed by atoms with Gasteiger partial charge in [0.15, 0.2) is 0 Å². The third-order valence-corrected chi connectivity index (χ3v) is 3.86. The van der Waals surface area contributed by atoms with Crippen LogP contribution in [0.1, 0.15) is 16.7 Å². The zero-order valence-corrected chi connectivity index (χ0v) is 11.1. The van der Waals surface area contributed by atoms with Gasteiger partial charge in [-0.05, 0) is 42.3 Å². The van der Waals surface area contributed by atoms with Crippen LogP contribution in [0.4, 0.5) is 4.39 Å². The number of thioether (sulfide) groups is 1. The lowest BCUT2D eigenvalue weighted by Gasteiger charge is -2.08. The van der Waals surface area contributed by atoms with Gasteiger partial charge in [0.25, 0.3) is 0 Å². The second-order valence-electron chi connectivity index (χ2n) is 4.22.